The zero-order valence-electron chi connectivity index (χ0n) is 17.4. The Kier molecular flexibility index (Phi) is 5.95. The molecular formula is C24H24F3N3O2. The Bertz CT molecular complexity index is 1150. The highest BCUT2D eigenvalue weighted by atomic mass is 19.1. The average Bonchev–Trinajstić information content (AvgIpc) is 3.42. The number of nitrogens with one attached hydrogen (secondary N) is 2. The van der Waals surface area contributed by atoms with E-state index in [0.29, 0.717) is 41.9 Å². The zero-order chi connectivity index (χ0) is 22.9. The number of aromatic amines is 1. The summed E-state index contributed by atoms with van der Waals surface area (Å²) in [6.45, 7) is 0.716. The molecule has 0 bridgehead atoms. The molecule has 0 radical (unpaired) electrons. The number of benzene rings is 2. The second kappa shape index (κ2) is 8.68. The Morgan fingerprint density at radius 3 is 2.28 bits per heavy atom. The van der Waals surface area contributed by atoms with Gasteiger partial charge in [-0.3, -0.25) is 9.59 Å². The van der Waals surface area contributed by atoms with Crippen molar-refractivity contribution in [1.29, 1.82) is 0 Å². The number of halogens is 3. The van der Waals surface area contributed by atoms with Gasteiger partial charge in [-0.05, 0) is 73.6 Å². The van der Waals surface area contributed by atoms with Crippen molar-refractivity contribution in [1.82, 2.24) is 10.3 Å². The third-order valence-electron chi connectivity index (χ3n) is 6.23. The second-order valence-electron chi connectivity index (χ2n) is 8.50. The molecule has 0 spiro atoms. The molecule has 0 unspecified atom stereocenters. The average molecular weight is 443 g/mol. The Balaban J connectivity index is 0.000000158. The number of nitrogens with two attached hydrogens (primary N) is 1. The molecule has 0 atom stereocenters. The summed E-state index contributed by atoms with van der Waals surface area (Å²) in [5, 5.41) is 3.28. The van der Waals surface area contributed by atoms with Crippen LogP contribution in [0.4, 0.5) is 13.2 Å². The minimum absolute atomic E-state index is 0.156. The molecule has 2 amide bonds. The monoisotopic (exact) mass is 443 g/mol. The molecule has 2 fully saturated rings. The summed E-state index contributed by atoms with van der Waals surface area (Å²) in [5.41, 5.74) is 5.92. The molecule has 0 aliphatic heterocycles. The van der Waals surface area contributed by atoms with Crippen molar-refractivity contribution in [2.45, 2.75) is 32.1 Å². The van der Waals surface area contributed by atoms with E-state index >= 15 is 0 Å². The topological polar surface area (TPSA) is 88.0 Å². The summed E-state index contributed by atoms with van der Waals surface area (Å²) in [6.07, 6.45) is 4.91. The highest BCUT2D eigenvalue weighted by Crippen LogP contribution is 2.45. The van der Waals surface area contributed by atoms with Gasteiger partial charge in [0, 0.05) is 23.7 Å². The summed E-state index contributed by atoms with van der Waals surface area (Å²) in [5.74, 6) is -1.60. The highest BCUT2D eigenvalue weighted by Gasteiger charge is 2.55. The molecule has 168 valence electrons. The lowest BCUT2D eigenvalue weighted by molar-refractivity contribution is -0.135. The minimum atomic E-state index is -0.844. The summed E-state index contributed by atoms with van der Waals surface area (Å²) in [4.78, 5) is 25.5. The Labute approximate surface area is 183 Å². The van der Waals surface area contributed by atoms with Crippen molar-refractivity contribution in [3.63, 3.8) is 0 Å². The number of fused-ring (bicyclic) bond motifs is 1. The van der Waals surface area contributed by atoms with Crippen LogP contribution in [0.2, 0.25) is 0 Å². The standard InChI is InChI=1S/C14H8F3N.C10H16N2O2/c15-10-3-1-8(2-4-10)13-6-9-5-11(16)7-12(17)14(9)18-13;11-8(13)10(4-5-10)9(14)12-6-7-2-1-3-7/h1-7,18H;7H,1-6H2,(H2,11,13)(H,12,14). The predicted octanol–water partition coefficient (Wildman–Crippen LogP) is 4.42. The van der Waals surface area contributed by atoms with E-state index in [1.165, 1.54) is 37.5 Å². The van der Waals surface area contributed by atoms with Crippen LogP contribution in [0.15, 0.2) is 42.5 Å². The first kappa shape index (κ1) is 21.9. The van der Waals surface area contributed by atoms with Gasteiger partial charge in [-0.15, -0.1) is 0 Å². The number of hydrogen-bond acceptors (Lipinski definition) is 2. The summed E-state index contributed by atoms with van der Waals surface area (Å²) < 4.78 is 39.4. The predicted molar refractivity (Wildman–Crippen MR) is 115 cm³/mol. The number of carbonyl (C=O) groups excluding carboxylic acids is 2. The lowest BCUT2D eigenvalue weighted by Crippen LogP contribution is -2.42. The third-order valence-corrected chi connectivity index (χ3v) is 6.23. The first-order chi connectivity index (χ1) is 15.3. The smallest absolute Gasteiger partial charge is 0.235 e. The highest BCUT2D eigenvalue weighted by molar-refractivity contribution is 6.07. The fourth-order valence-electron chi connectivity index (χ4n) is 3.76. The fraction of sp³-hybridized carbons (Fsp3) is 0.333. The molecule has 1 aromatic heterocycles. The number of aromatic nitrogens is 1. The number of carbonyl (C=O) groups is 2. The number of amides is 2. The van der Waals surface area contributed by atoms with Crippen molar-refractivity contribution in [3.8, 4) is 11.3 Å². The summed E-state index contributed by atoms with van der Waals surface area (Å²) in [7, 11) is 0. The van der Waals surface area contributed by atoms with Crippen molar-refractivity contribution < 1.29 is 22.8 Å². The Hall–Kier alpha value is -3.29. The molecule has 3 aromatic rings. The molecule has 5 nitrogen and oxygen atoms in total. The zero-order valence-corrected chi connectivity index (χ0v) is 17.4. The number of hydrogen-bond donors (Lipinski definition) is 3. The van der Waals surface area contributed by atoms with E-state index in [4.69, 9.17) is 5.73 Å². The maximum atomic E-state index is 13.5. The number of primary amides is 1. The van der Waals surface area contributed by atoms with Crippen LogP contribution in [0.3, 0.4) is 0 Å². The first-order valence-corrected chi connectivity index (χ1v) is 10.6. The van der Waals surface area contributed by atoms with Crippen LogP contribution in [0.25, 0.3) is 22.2 Å². The van der Waals surface area contributed by atoms with Gasteiger partial charge in [0.25, 0.3) is 0 Å². The van der Waals surface area contributed by atoms with Gasteiger partial charge in [-0.2, -0.15) is 0 Å². The van der Waals surface area contributed by atoms with Gasteiger partial charge < -0.3 is 16.0 Å². The van der Waals surface area contributed by atoms with Crippen LogP contribution in [0.1, 0.15) is 32.1 Å². The molecule has 2 aliphatic carbocycles. The quantitative estimate of drug-likeness (QED) is 0.510. The number of H-pyrrole nitrogens is 1. The van der Waals surface area contributed by atoms with Crippen LogP contribution < -0.4 is 11.1 Å². The molecule has 2 aliphatic rings. The van der Waals surface area contributed by atoms with Crippen molar-refractivity contribution in [3.05, 3.63) is 59.9 Å². The maximum Gasteiger partial charge on any atom is 0.235 e. The van der Waals surface area contributed by atoms with E-state index in [9.17, 15) is 22.8 Å². The van der Waals surface area contributed by atoms with Gasteiger partial charge in [-0.1, -0.05) is 6.42 Å². The van der Waals surface area contributed by atoms with Crippen molar-refractivity contribution in [2.75, 3.05) is 6.54 Å². The van der Waals surface area contributed by atoms with Crippen LogP contribution in [0, 0.1) is 28.8 Å². The van der Waals surface area contributed by atoms with Gasteiger partial charge in [0.2, 0.25) is 11.8 Å². The lowest BCUT2D eigenvalue weighted by Gasteiger charge is -2.26. The van der Waals surface area contributed by atoms with Crippen LogP contribution in [0.5, 0.6) is 0 Å². The largest absolute Gasteiger partial charge is 0.369 e. The molecule has 5 rings (SSSR count). The van der Waals surface area contributed by atoms with E-state index in [0.717, 1.165) is 6.07 Å². The first-order valence-electron chi connectivity index (χ1n) is 10.6. The van der Waals surface area contributed by atoms with Crippen molar-refractivity contribution in [2.24, 2.45) is 17.1 Å². The van der Waals surface area contributed by atoms with Gasteiger partial charge in [0.15, 0.2) is 0 Å². The minimum Gasteiger partial charge on any atom is -0.369 e. The fourth-order valence-corrected chi connectivity index (χ4v) is 3.76. The number of rotatable bonds is 5. The molecule has 4 N–H and O–H groups in total. The van der Waals surface area contributed by atoms with Gasteiger partial charge >= 0.3 is 0 Å². The SMILES string of the molecule is Fc1ccc(-c2cc3cc(F)cc(F)c3[nH]2)cc1.NC(=O)C1(C(=O)NCC2CCC2)CC1. The van der Waals surface area contributed by atoms with Crippen LogP contribution in [-0.2, 0) is 9.59 Å². The van der Waals surface area contributed by atoms with Gasteiger partial charge in [0.05, 0.1) is 5.52 Å². The molecule has 8 heteroatoms. The molecule has 2 aromatic carbocycles. The maximum absolute atomic E-state index is 13.5. The molecule has 2 saturated carbocycles. The lowest BCUT2D eigenvalue weighted by atomic mass is 9.85. The van der Waals surface area contributed by atoms with E-state index in [2.05, 4.69) is 10.3 Å². The summed E-state index contributed by atoms with van der Waals surface area (Å²) in [6, 6.07) is 9.50. The van der Waals surface area contributed by atoms with Crippen LogP contribution >= 0.6 is 0 Å². The second-order valence-corrected chi connectivity index (χ2v) is 8.50. The molecule has 0 saturated heterocycles. The van der Waals surface area contributed by atoms with Crippen molar-refractivity contribution >= 4 is 22.7 Å². The molecular weight excluding hydrogens is 419 g/mol. The van der Waals surface area contributed by atoms with Gasteiger partial charge in [-0.25, -0.2) is 13.2 Å². The molecule has 1 heterocycles. The molecule has 32 heavy (non-hydrogen) atoms. The van der Waals surface area contributed by atoms with Gasteiger partial charge in [0.1, 0.15) is 22.9 Å². The summed E-state index contributed by atoms with van der Waals surface area (Å²) >= 11 is 0. The third kappa shape index (κ3) is 4.49. The van der Waals surface area contributed by atoms with Crippen LogP contribution in [-0.4, -0.2) is 23.3 Å². The van der Waals surface area contributed by atoms with E-state index in [1.807, 2.05) is 0 Å². The van der Waals surface area contributed by atoms with E-state index in [1.54, 1.807) is 18.2 Å². The van der Waals surface area contributed by atoms with E-state index < -0.39 is 23.0 Å². The van der Waals surface area contributed by atoms with E-state index in [-0.39, 0.29) is 17.2 Å². The normalized spacial score (nSPS) is 16.6. The Morgan fingerprint density at radius 1 is 1.03 bits per heavy atom. The Morgan fingerprint density at radius 2 is 1.72 bits per heavy atom.